The summed E-state index contributed by atoms with van der Waals surface area (Å²) >= 11 is 6.20. The highest BCUT2D eigenvalue weighted by Gasteiger charge is 2.36. The average molecular weight is 491 g/mol. The van der Waals surface area contributed by atoms with Gasteiger partial charge in [0.15, 0.2) is 0 Å². The second-order valence-corrected chi connectivity index (χ2v) is 8.38. The first-order chi connectivity index (χ1) is 16.3. The third kappa shape index (κ3) is 5.19. The summed E-state index contributed by atoms with van der Waals surface area (Å²) in [6.07, 6.45) is -3.05. The second-order valence-electron chi connectivity index (χ2n) is 7.94. The van der Waals surface area contributed by atoms with Crippen LogP contribution >= 0.6 is 11.6 Å². The summed E-state index contributed by atoms with van der Waals surface area (Å²) < 4.78 is 40.4. The van der Waals surface area contributed by atoms with Gasteiger partial charge in [-0.25, -0.2) is 9.97 Å². The number of anilines is 3. The lowest BCUT2D eigenvalue weighted by Crippen LogP contribution is -2.47. The van der Waals surface area contributed by atoms with E-state index >= 15 is 0 Å². The molecule has 0 saturated carbocycles. The van der Waals surface area contributed by atoms with Crippen molar-refractivity contribution in [2.75, 3.05) is 54.0 Å². The number of piperazine rings is 1. The number of hydrogen-bond acceptors (Lipinski definition) is 6. The van der Waals surface area contributed by atoms with Gasteiger partial charge in [-0.05, 0) is 38.1 Å². The number of halogens is 4. The minimum atomic E-state index is -4.45. The maximum Gasteiger partial charge on any atom is 0.419 e. The van der Waals surface area contributed by atoms with E-state index < -0.39 is 11.7 Å². The van der Waals surface area contributed by atoms with E-state index in [2.05, 4.69) is 14.8 Å². The molecule has 0 unspecified atom stereocenters. The molecule has 1 saturated heterocycles. The first-order valence-electron chi connectivity index (χ1n) is 11.2. The lowest BCUT2D eigenvalue weighted by molar-refractivity contribution is -0.137. The Morgan fingerprint density at radius 1 is 0.941 bits per heavy atom. The highest BCUT2D eigenvalue weighted by molar-refractivity contribution is 6.30. The summed E-state index contributed by atoms with van der Waals surface area (Å²) in [5.41, 5.74) is 0.921. The van der Waals surface area contributed by atoms with Gasteiger partial charge in [0.25, 0.3) is 0 Å². The van der Waals surface area contributed by atoms with E-state index in [-0.39, 0.29) is 5.82 Å². The third-order valence-electron chi connectivity index (χ3n) is 5.86. The van der Waals surface area contributed by atoms with Crippen molar-refractivity contribution in [1.82, 2.24) is 15.0 Å². The van der Waals surface area contributed by atoms with Gasteiger partial charge in [0.1, 0.15) is 11.6 Å². The molecule has 2 aromatic heterocycles. The fourth-order valence-corrected chi connectivity index (χ4v) is 4.24. The Morgan fingerprint density at radius 2 is 1.65 bits per heavy atom. The van der Waals surface area contributed by atoms with Crippen molar-refractivity contribution in [1.29, 1.82) is 0 Å². The van der Waals surface area contributed by atoms with Crippen LogP contribution in [0.25, 0.3) is 11.3 Å². The van der Waals surface area contributed by atoms with Gasteiger partial charge in [-0.15, -0.1) is 0 Å². The van der Waals surface area contributed by atoms with Crippen molar-refractivity contribution in [3.63, 3.8) is 0 Å². The zero-order valence-electron chi connectivity index (χ0n) is 19.1. The van der Waals surface area contributed by atoms with Crippen LogP contribution < -0.4 is 14.7 Å². The van der Waals surface area contributed by atoms with Crippen LogP contribution in [0.1, 0.15) is 19.4 Å². The average Bonchev–Trinajstić information content (AvgIpc) is 2.84. The quantitative estimate of drug-likeness (QED) is 0.462. The molecule has 1 aromatic carbocycles. The van der Waals surface area contributed by atoms with Crippen molar-refractivity contribution in [3.05, 3.63) is 59.2 Å². The number of hydrogen-bond donors (Lipinski definition) is 0. The summed E-state index contributed by atoms with van der Waals surface area (Å²) in [5, 5.41) is 0.617. The number of benzene rings is 1. The number of nitrogens with zero attached hydrogens (tertiary/aromatic N) is 6. The molecule has 34 heavy (non-hydrogen) atoms. The van der Waals surface area contributed by atoms with Crippen LogP contribution in [0.3, 0.4) is 0 Å². The zero-order valence-corrected chi connectivity index (χ0v) is 19.8. The normalized spacial score (nSPS) is 14.4. The van der Waals surface area contributed by atoms with Gasteiger partial charge in [0.05, 0.1) is 11.3 Å². The Bertz CT molecular complexity index is 1130. The molecule has 180 valence electrons. The lowest BCUT2D eigenvalue weighted by Gasteiger charge is -2.37. The monoisotopic (exact) mass is 490 g/mol. The minimum Gasteiger partial charge on any atom is -0.353 e. The van der Waals surface area contributed by atoms with Crippen LogP contribution in [0, 0.1) is 0 Å². The molecular weight excluding hydrogens is 465 g/mol. The Kier molecular flexibility index (Phi) is 7.11. The lowest BCUT2D eigenvalue weighted by atomic mass is 10.1. The molecule has 0 amide bonds. The Labute approximate surface area is 202 Å². The number of pyridine rings is 1. The maximum atomic E-state index is 13.5. The predicted octanol–water partition coefficient (Wildman–Crippen LogP) is 5.38. The molecule has 0 radical (unpaired) electrons. The minimum absolute atomic E-state index is 0.0271. The van der Waals surface area contributed by atoms with Gasteiger partial charge in [-0.3, -0.25) is 0 Å². The second kappa shape index (κ2) is 10.0. The predicted molar refractivity (Wildman–Crippen MR) is 130 cm³/mol. The van der Waals surface area contributed by atoms with Crippen LogP contribution in [-0.4, -0.2) is 54.2 Å². The summed E-state index contributed by atoms with van der Waals surface area (Å²) in [4.78, 5) is 19.4. The first-order valence-corrected chi connectivity index (χ1v) is 11.6. The largest absolute Gasteiger partial charge is 0.419 e. The van der Waals surface area contributed by atoms with E-state index in [9.17, 15) is 13.2 Å². The molecule has 3 heterocycles. The zero-order chi connectivity index (χ0) is 24.3. The Balaban J connectivity index is 1.62. The van der Waals surface area contributed by atoms with E-state index in [1.165, 1.54) is 12.3 Å². The molecule has 0 bridgehead atoms. The van der Waals surface area contributed by atoms with Gasteiger partial charge < -0.3 is 14.7 Å². The highest BCUT2D eigenvalue weighted by atomic mass is 35.5. The van der Waals surface area contributed by atoms with E-state index in [1.54, 1.807) is 4.90 Å². The van der Waals surface area contributed by atoms with E-state index in [4.69, 9.17) is 21.6 Å². The van der Waals surface area contributed by atoms with Gasteiger partial charge >= 0.3 is 6.18 Å². The molecule has 0 spiro atoms. The standard InChI is InChI=1S/C24H26ClF3N6/c1-3-32(4-2)23-30-20(17-7-5-8-18(25)15-17)16-21(31-23)33-11-13-34(14-12-33)22-19(24(26,27)28)9-6-10-29-22/h5-10,15-16H,3-4,11-14H2,1-2H3. The summed E-state index contributed by atoms with van der Waals surface area (Å²) in [6.45, 7) is 7.42. The topological polar surface area (TPSA) is 48.4 Å². The fourth-order valence-electron chi connectivity index (χ4n) is 4.05. The van der Waals surface area contributed by atoms with Gasteiger partial charge in [0.2, 0.25) is 5.95 Å². The Morgan fingerprint density at radius 3 is 2.29 bits per heavy atom. The van der Waals surface area contributed by atoms with Crippen LogP contribution in [0.4, 0.5) is 30.8 Å². The van der Waals surface area contributed by atoms with Crippen LogP contribution in [0.5, 0.6) is 0 Å². The number of rotatable bonds is 6. The fraction of sp³-hybridized carbons (Fsp3) is 0.375. The summed E-state index contributed by atoms with van der Waals surface area (Å²) in [6, 6.07) is 11.8. The molecule has 0 N–H and O–H groups in total. The molecule has 0 aliphatic carbocycles. The molecular formula is C24H26ClF3N6. The van der Waals surface area contributed by atoms with Gasteiger partial charge in [-0.2, -0.15) is 18.2 Å². The van der Waals surface area contributed by atoms with Crippen LogP contribution in [-0.2, 0) is 6.18 Å². The molecule has 1 aliphatic heterocycles. The number of aromatic nitrogens is 3. The molecule has 4 rings (SSSR count). The van der Waals surface area contributed by atoms with Crippen LogP contribution in [0.2, 0.25) is 5.02 Å². The van der Waals surface area contributed by atoms with Gasteiger partial charge in [0, 0.05) is 62.1 Å². The molecule has 1 fully saturated rings. The maximum absolute atomic E-state index is 13.5. The van der Waals surface area contributed by atoms with Gasteiger partial charge in [-0.1, -0.05) is 23.7 Å². The Hall–Kier alpha value is -3.07. The summed E-state index contributed by atoms with van der Waals surface area (Å²) in [7, 11) is 0. The molecule has 3 aromatic rings. The summed E-state index contributed by atoms with van der Waals surface area (Å²) in [5.74, 6) is 1.33. The van der Waals surface area contributed by atoms with Crippen molar-refractivity contribution in [2.24, 2.45) is 0 Å². The van der Waals surface area contributed by atoms with Crippen molar-refractivity contribution in [2.45, 2.75) is 20.0 Å². The number of alkyl halides is 3. The van der Waals surface area contributed by atoms with Crippen molar-refractivity contribution < 1.29 is 13.2 Å². The SMILES string of the molecule is CCN(CC)c1nc(-c2cccc(Cl)c2)cc(N2CCN(c3ncccc3C(F)(F)F)CC2)n1. The van der Waals surface area contributed by atoms with Crippen molar-refractivity contribution in [3.8, 4) is 11.3 Å². The van der Waals surface area contributed by atoms with E-state index in [0.29, 0.717) is 37.1 Å². The van der Waals surface area contributed by atoms with E-state index in [1.807, 2.05) is 44.2 Å². The molecule has 6 nitrogen and oxygen atoms in total. The van der Waals surface area contributed by atoms with Crippen molar-refractivity contribution >= 4 is 29.2 Å². The van der Waals surface area contributed by atoms with E-state index in [0.717, 1.165) is 36.2 Å². The first kappa shape index (κ1) is 24.1. The smallest absolute Gasteiger partial charge is 0.353 e. The molecule has 1 aliphatic rings. The highest BCUT2D eigenvalue weighted by Crippen LogP contribution is 2.36. The molecule has 10 heteroatoms. The molecule has 0 atom stereocenters. The third-order valence-corrected chi connectivity index (χ3v) is 6.10. The van der Waals surface area contributed by atoms with Crippen LogP contribution in [0.15, 0.2) is 48.7 Å².